The molecular formula is C12H14N2O. The average Bonchev–Trinajstić information content (AvgIpc) is 2.59. The van der Waals surface area contributed by atoms with Gasteiger partial charge in [0.15, 0.2) is 11.3 Å². The Morgan fingerprint density at radius 3 is 3.07 bits per heavy atom. The lowest BCUT2D eigenvalue weighted by Gasteiger charge is -2.32. The highest BCUT2D eigenvalue weighted by atomic mass is 16.1. The van der Waals surface area contributed by atoms with Gasteiger partial charge in [0, 0.05) is 12.1 Å². The third kappa shape index (κ3) is 1.41. The van der Waals surface area contributed by atoms with Gasteiger partial charge in [-0.2, -0.15) is 5.26 Å². The summed E-state index contributed by atoms with van der Waals surface area (Å²) in [7, 11) is 0. The number of allylic oxidation sites excluding steroid dienone is 1. The van der Waals surface area contributed by atoms with Crippen LogP contribution in [0.2, 0.25) is 0 Å². The molecule has 1 aliphatic heterocycles. The van der Waals surface area contributed by atoms with E-state index in [1.165, 1.54) is 0 Å². The first-order valence-electron chi connectivity index (χ1n) is 5.27. The Labute approximate surface area is 89.5 Å². The van der Waals surface area contributed by atoms with Gasteiger partial charge in [0.1, 0.15) is 0 Å². The van der Waals surface area contributed by atoms with Crippen LogP contribution in [0.4, 0.5) is 0 Å². The molecule has 1 heterocycles. The average molecular weight is 202 g/mol. The van der Waals surface area contributed by atoms with Crippen LogP contribution in [0.5, 0.6) is 0 Å². The molecule has 3 nitrogen and oxygen atoms in total. The summed E-state index contributed by atoms with van der Waals surface area (Å²) in [6.07, 6.45) is 5.36. The molecule has 0 aromatic rings. The maximum atomic E-state index is 11.4. The van der Waals surface area contributed by atoms with Gasteiger partial charge < -0.3 is 0 Å². The maximum Gasteiger partial charge on any atom is 0.168 e. The molecule has 2 rings (SSSR count). The van der Waals surface area contributed by atoms with E-state index in [0.717, 1.165) is 18.4 Å². The van der Waals surface area contributed by atoms with Gasteiger partial charge in [0.05, 0.1) is 6.07 Å². The van der Waals surface area contributed by atoms with Crippen molar-refractivity contribution in [1.29, 1.82) is 5.26 Å². The standard InChI is InChI=1S/C12H14N2O/c1-8-5-10-3-4-14-12(10,7-13)6-11(8)9(2)15/h4,6,8,10H,3,5H2,1-2H3/t8-,10-,12-/m1/s1. The van der Waals surface area contributed by atoms with Gasteiger partial charge in [-0.05, 0) is 37.3 Å². The first kappa shape index (κ1) is 10.1. The van der Waals surface area contributed by atoms with E-state index in [1.54, 1.807) is 13.0 Å². The summed E-state index contributed by atoms with van der Waals surface area (Å²) in [5.74, 6) is 0.592. The molecule has 3 heteroatoms. The number of aliphatic imine (C=N–C) groups is 1. The summed E-state index contributed by atoms with van der Waals surface area (Å²) in [5.41, 5.74) is 0.0277. The summed E-state index contributed by atoms with van der Waals surface area (Å²) in [4.78, 5) is 15.7. The molecule has 0 spiro atoms. The van der Waals surface area contributed by atoms with Gasteiger partial charge in [-0.3, -0.25) is 9.79 Å². The number of fused-ring (bicyclic) bond motifs is 1. The number of ketones is 1. The summed E-state index contributed by atoms with van der Waals surface area (Å²) in [6, 6.07) is 2.26. The number of carbonyl (C=O) groups excluding carboxylic acids is 1. The van der Waals surface area contributed by atoms with Crippen LogP contribution in [0.3, 0.4) is 0 Å². The Kier molecular flexibility index (Phi) is 2.22. The Balaban J connectivity index is 2.47. The molecule has 1 aliphatic carbocycles. The van der Waals surface area contributed by atoms with E-state index in [2.05, 4.69) is 11.1 Å². The van der Waals surface area contributed by atoms with Gasteiger partial charge in [-0.15, -0.1) is 0 Å². The molecule has 3 atom stereocenters. The van der Waals surface area contributed by atoms with Crippen LogP contribution in [0.25, 0.3) is 0 Å². The second kappa shape index (κ2) is 3.30. The van der Waals surface area contributed by atoms with Crippen molar-refractivity contribution in [2.75, 3.05) is 0 Å². The Morgan fingerprint density at radius 1 is 1.73 bits per heavy atom. The highest BCUT2D eigenvalue weighted by Crippen LogP contribution is 2.42. The quantitative estimate of drug-likeness (QED) is 0.652. The Bertz CT molecular complexity index is 402. The number of carbonyl (C=O) groups is 1. The van der Waals surface area contributed by atoms with Crippen LogP contribution in [0.1, 0.15) is 26.7 Å². The predicted molar refractivity (Wildman–Crippen MR) is 57.5 cm³/mol. The highest BCUT2D eigenvalue weighted by molar-refractivity contribution is 5.94. The lowest BCUT2D eigenvalue weighted by atomic mass is 9.71. The summed E-state index contributed by atoms with van der Waals surface area (Å²) in [5, 5.41) is 9.22. The van der Waals surface area contributed by atoms with Gasteiger partial charge >= 0.3 is 0 Å². The van der Waals surface area contributed by atoms with Crippen molar-refractivity contribution in [3.63, 3.8) is 0 Å². The molecule has 0 amide bonds. The molecule has 0 aromatic heterocycles. The number of nitrogens with zero attached hydrogens (tertiary/aromatic N) is 2. The fourth-order valence-electron chi connectivity index (χ4n) is 2.58. The molecule has 0 fully saturated rings. The minimum atomic E-state index is -0.743. The van der Waals surface area contributed by atoms with E-state index in [-0.39, 0.29) is 17.6 Å². The summed E-state index contributed by atoms with van der Waals surface area (Å²) >= 11 is 0. The van der Waals surface area contributed by atoms with Crippen molar-refractivity contribution in [3.8, 4) is 6.07 Å². The first-order chi connectivity index (χ1) is 7.09. The van der Waals surface area contributed by atoms with Crippen LogP contribution in [-0.4, -0.2) is 17.5 Å². The monoisotopic (exact) mass is 202 g/mol. The zero-order valence-corrected chi connectivity index (χ0v) is 9.03. The molecule has 15 heavy (non-hydrogen) atoms. The van der Waals surface area contributed by atoms with Gasteiger partial charge in [-0.25, -0.2) is 0 Å². The van der Waals surface area contributed by atoms with Gasteiger partial charge in [0.2, 0.25) is 0 Å². The van der Waals surface area contributed by atoms with Crippen LogP contribution in [0.15, 0.2) is 16.6 Å². The molecule has 0 radical (unpaired) electrons. The van der Waals surface area contributed by atoms with Gasteiger partial charge in [0.25, 0.3) is 0 Å². The number of hydrogen-bond acceptors (Lipinski definition) is 3. The van der Waals surface area contributed by atoms with Crippen molar-refractivity contribution >= 4 is 12.0 Å². The number of nitriles is 1. The van der Waals surface area contributed by atoms with Gasteiger partial charge in [-0.1, -0.05) is 6.92 Å². The lowest BCUT2D eigenvalue weighted by Crippen LogP contribution is -2.36. The first-order valence-corrected chi connectivity index (χ1v) is 5.27. The van der Waals surface area contributed by atoms with Crippen molar-refractivity contribution in [2.45, 2.75) is 32.2 Å². The molecule has 78 valence electrons. The minimum Gasteiger partial charge on any atom is -0.295 e. The summed E-state index contributed by atoms with van der Waals surface area (Å²) in [6.45, 7) is 3.61. The minimum absolute atomic E-state index is 0.0673. The predicted octanol–water partition coefficient (Wildman–Crippen LogP) is 1.89. The molecular weight excluding hydrogens is 188 g/mol. The Hall–Kier alpha value is -1.43. The molecule has 2 aliphatic rings. The van der Waals surface area contributed by atoms with Crippen LogP contribution < -0.4 is 0 Å². The molecule has 0 N–H and O–H groups in total. The molecule has 0 saturated heterocycles. The van der Waals surface area contributed by atoms with Crippen LogP contribution in [0, 0.1) is 23.2 Å². The van der Waals surface area contributed by atoms with E-state index in [1.807, 2.05) is 13.1 Å². The molecule has 0 saturated carbocycles. The second-order valence-electron chi connectivity index (χ2n) is 4.47. The third-order valence-corrected chi connectivity index (χ3v) is 3.45. The normalized spacial score (nSPS) is 38.1. The topological polar surface area (TPSA) is 53.2 Å². The van der Waals surface area contributed by atoms with Crippen molar-refractivity contribution in [3.05, 3.63) is 11.6 Å². The SMILES string of the molecule is CC(=O)C1=C[C@]2(C#N)N=CC[C@@H]2C[C@H]1C. The third-order valence-electron chi connectivity index (χ3n) is 3.45. The fraction of sp³-hybridized carbons (Fsp3) is 0.583. The zero-order chi connectivity index (χ0) is 11.1. The van der Waals surface area contributed by atoms with Crippen molar-refractivity contribution in [2.24, 2.45) is 16.8 Å². The lowest BCUT2D eigenvalue weighted by molar-refractivity contribution is -0.114. The highest BCUT2D eigenvalue weighted by Gasteiger charge is 2.44. The number of rotatable bonds is 1. The maximum absolute atomic E-state index is 11.4. The number of Topliss-reactive ketones (excluding diaryl/α,β-unsaturated/α-hetero) is 1. The summed E-state index contributed by atoms with van der Waals surface area (Å²) < 4.78 is 0. The fourth-order valence-corrected chi connectivity index (χ4v) is 2.58. The van der Waals surface area contributed by atoms with E-state index in [0.29, 0.717) is 0 Å². The smallest absolute Gasteiger partial charge is 0.168 e. The number of hydrogen-bond donors (Lipinski definition) is 0. The molecule has 0 unspecified atom stereocenters. The molecule has 0 bridgehead atoms. The van der Waals surface area contributed by atoms with E-state index in [9.17, 15) is 10.1 Å². The molecule has 0 aromatic carbocycles. The zero-order valence-electron chi connectivity index (χ0n) is 9.03. The largest absolute Gasteiger partial charge is 0.295 e. The second-order valence-corrected chi connectivity index (χ2v) is 4.47. The Morgan fingerprint density at radius 2 is 2.47 bits per heavy atom. The van der Waals surface area contributed by atoms with E-state index in [4.69, 9.17) is 0 Å². The van der Waals surface area contributed by atoms with Crippen molar-refractivity contribution in [1.82, 2.24) is 0 Å². The van der Waals surface area contributed by atoms with Crippen LogP contribution >= 0.6 is 0 Å². The van der Waals surface area contributed by atoms with Crippen molar-refractivity contribution < 1.29 is 4.79 Å². The van der Waals surface area contributed by atoms with E-state index >= 15 is 0 Å². The van der Waals surface area contributed by atoms with E-state index < -0.39 is 5.54 Å². The van der Waals surface area contributed by atoms with Crippen LogP contribution in [-0.2, 0) is 4.79 Å².